The van der Waals surface area contributed by atoms with Crippen molar-refractivity contribution in [2.75, 3.05) is 0 Å². The van der Waals surface area contributed by atoms with Gasteiger partial charge in [-0.1, -0.05) is 175 Å². The van der Waals surface area contributed by atoms with Gasteiger partial charge in [-0.15, -0.1) is 0 Å². The molecule has 0 rings (SSSR count). The van der Waals surface area contributed by atoms with Gasteiger partial charge in [0, 0.05) is 12.8 Å². The number of aliphatic hydroxyl groups is 1. The van der Waals surface area contributed by atoms with E-state index in [4.69, 9.17) is 0 Å². The van der Waals surface area contributed by atoms with E-state index < -0.39 is 5.60 Å². The van der Waals surface area contributed by atoms with E-state index in [0.29, 0.717) is 12.8 Å². The third-order valence-electron chi connectivity index (χ3n) is 8.46. The van der Waals surface area contributed by atoms with Gasteiger partial charge in [-0.05, 0) is 19.3 Å². The zero-order chi connectivity index (χ0) is 28.9. The number of carbonyl (C=O) groups is 2. The summed E-state index contributed by atoms with van der Waals surface area (Å²) in [5.74, 6) is -0.243. The highest BCUT2D eigenvalue weighted by Gasteiger charge is 2.35. The lowest BCUT2D eigenvalue weighted by Gasteiger charge is -2.24. The maximum atomic E-state index is 12.7. The first kappa shape index (κ1) is 38.3. The van der Waals surface area contributed by atoms with Crippen LogP contribution in [-0.4, -0.2) is 22.3 Å². The number of rotatable bonds is 32. The van der Waals surface area contributed by atoms with Crippen molar-refractivity contribution in [3.8, 4) is 0 Å². The highest BCUT2D eigenvalue weighted by molar-refractivity contribution is 5.99. The van der Waals surface area contributed by atoms with Crippen LogP contribution in [0.1, 0.15) is 207 Å². The molecule has 0 spiro atoms. The third-order valence-corrected chi connectivity index (χ3v) is 8.46. The Morgan fingerprint density at radius 3 is 1.05 bits per heavy atom. The lowest BCUT2D eigenvalue weighted by molar-refractivity contribution is -0.137. The number of hydrogen-bond donors (Lipinski definition) is 1. The number of hydrogen-bond acceptors (Lipinski definition) is 3. The Bertz CT molecular complexity index is 543. The van der Waals surface area contributed by atoms with Crippen molar-refractivity contribution in [2.24, 2.45) is 0 Å². The average Bonchev–Trinajstić information content (AvgIpc) is 2.93. The Balaban J connectivity index is 3.71. The predicted molar refractivity (Wildman–Crippen MR) is 170 cm³/mol. The maximum absolute atomic E-state index is 12.7. The van der Waals surface area contributed by atoms with Gasteiger partial charge in [0.05, 0.1) is 6.42 Å². The van der Waals surface area contributed by atoms with Gasteiger partial charge in [0.1, 0.15) is 11.4 Å². The summed E-state index contributed by atoms with van der Waals surface area (Å²) in [4.78, 5) is 25.1. The lowest BCUT2D eigenvalue weighted by atomic mass is 9.85. The molecule has 0 bridgehead atoms. The molecule has 231 valence electrons. The molecule has 39 heavy (non-hydrogen) atoms. The average molecular weight is 550 g/mol. The van der Waals surface area contributed by atoms with Crippen LogP contribution < -0.4 is 0 Å². The molecular formula is C36H69O3. The Kier molecular flexibility index (Phi) is 28.3. The summed E-state index contributed by atoms with van der Waals surface area (Å²) in [6, 6.07) is 0. The van der Waals surface area contributed by atoms with Crippen molar-refractivity contribution in [2.45, 2.75) is 213 Å². The zero-order valence-electron chi connectivity index (χ0n) is 26.8. The van der Waals surface area contributed by atoms with Gasteiger partial charge in [-0.2, -0.15) is 0 Å². The van der Waals surface area contributed by atoms with E-state index in [1.165, 1.54) is 141 Å². The Hall–Kier alpha value is -0.700. The maximum Gasteiger partial charge on any atom is 0.165 e. The summed E-state index contributed by atoms with van der Waals surface area (Å²) in [5, 5.41) is 10.8. The minimum atomic E-state index is -1.56. The second-order valence-electron chi connectivity index (χ2n) is 12.3. The molecule has 1 atom stereocenters. The van der Waals surface area contributed by atoms with Crippen molar-refractivity contribution in [3.05, 3.63) is 6.42 Å². The summed E-state index contributed by atoms with van der Waals surface area (Å²) >= 11 is 0. The van der Waals surface area contributed by atoms with Crippen molar-refractivity contribution in [1.29, 1.82) is 0 Å². The van der Waals surface area contributed by atoms with Gasteiger partial charge in [0.15, 0.2) is 5.78 Å². The van der Waals surface area contributed by atoms with Crippen LogP contribution in [-0.2, 0) is 9.59 Å². The molecular weight excluding hydrogens is 480 g/mol. The van der Waals surface area contributed by atoms with E-state index in [1.54, 1.807) is 6.92 Å². The third kappa shape index (κ3) is 24.8. The fourth-order valence-electron chi connectivity index (χ4n) is 5.55. The molecule has 3 heteroatoms. The van der Waals surface area contributed by atoms with Crippen LogP contribution in [0.4, 0.5) is 0 Å². The Morgan fingerprint density at radius 2 is 0.744 bits per heavy atom. The summed E-state index contributed by atoms with van der Waals surface area (Å²) in [6.45, 7) is 6.33. The van der Waals surface area contributed by atoms with Gasteiger partial charge in [0.2, 0.25) is 0 Å². The SMILES string of the molecule is CCCCCCCCCCCCCCCC(=O)[CH]C(O)(CC)C(=O)CCCCCCCCCCCCCCC. The van der Waals surface area contributed by atoms with Gasteiger partial charge in [0.25, 0.3) is 0 Å². The Morgan fingerprint density at radius 1 is 0.462 bits per heavy atom. The van der Waals surface area contributed by atoms with Gasteiger partial charge in [-0.3, -0.25) is 9.59 Å². The van der Waals surface area contributed by atoms with E-state index in [0.717, 1.165) is 32.1 Å². The summed E-state index contributed by atoms with van der Waals surface area (Å²) < 4.78 is 0. The van der Waals surface area contributed by atoms with E-state index in [1.807, 2.05) is 0 Å². The van der Waals surface area contributed by atoms with Gasteiger partial charge in [-0.25, -0.2) is 0 Å². The standard InChI is InChI=1S/C36H69O3/c1-4-7-9-11-13-15-17-19-21-23-25-27-29-31-34(37)33-36(39,6-3)35(38)32-30-28-26-24-22-20-18-16-14-12-10-8-5-2/h33,39H,4-32H2,1-3H3. The quantitative estimate of drug-likeness (QED) is 0.0849. The molecule has 0 aromatic rings. The molecule has 0 saturated carbocycles. The van der Waals surface area contributed by atoms with Crippen LogP contribution in [0, 0.1) is 6.42 Å². The van der Waals surface area contributed by atoms with Crippen LogP contribution in [0.15, 0.2) is 0 Å². The largest absolute Gasteiger partial charge is 0.381 e. The smallest absolute Gasteiger partial charge is 0.165 e. The number of ketones is 2. The van der Waals surface area contributed by atoms with Crippen LogP contribution in [0.2, 0.25) is 0 Å². The molecule has 0 aromatic carbocycles. The first-order chi connectivity index (χ1) is 19.0. The summed E-state index contributed by atoms with van der Waals surface area (Å²) in [6.07, 6.45) is 35.6. The van der Waals surface area contributed by atoms with Crippen LogP contribution in [0.25, 0.3) is 0 Å². The first-order valence-electron chi connectivity index (χ1n) is 17.6. The van der Waals surface area contributed by atoms with Crippen molar-refractivity contribution < 1.29 is 14.7 Å². The molecule has 0 aromatic heterocycles. The normalized spacial score (nSPS) is 13.0. The lowest BCUT2D eigenvalue weighted by Crippen LogP contribution is -2.40. The number of carbonyl (C=O) groups excluding carboxylic acids is 2. The summed E-state index contributed by atoms with van der Waals surface area (Å²) in [5.41, 5.74) is -1.56. The minimum absolute atomic E-state index is 0.0684. The molecule has 0 amide bonds. The molecule has 1 radical (unpaired) electrons. The molecule has 0 aliphatic carbocycles. The van der Waals surface area contributed by atoms with Crippen molar-refractivity contribution in [3.63, 3.8) is 0 Å². The fourth-order valence-corrected chi connectivity index (χ4v) is 5.55. The second kappa shape index (κ2) is 28.8. The first-order valence-corrected chi connectivity index (χ1v) is 17.6. The molecule has 0 aliphatic heterocycles. The monoisotopic (exact) mass is 550 g/mol. The molecule has 0 fully saturated rings. The van der Waals surface area contributed by atoms with Gasteiger partial charge >= 0.3 is 0 Å². The molecule has 3 nitrogen and oxygen atoms in total. The summed E-state index contributed by atoms with van der Waals surface area (Å²) in [7, 11) is 0. The number of unbranched alkanes of at least 4 members (excludes halogenated alkanes) is 24. The molecule has 0 heterocycles. The van der Waals surface area contributed by atoms with E-state index >= 15 is 0 Å². The van der Waals surface area contributed by atoms with E-state index in [2.05, 4.69) is 13.8 Å². The highest BCUT2D eigenvalue weighted by atomic mass is 16.3. The molecule has 1 unspecified atom stereocenters. The Labute approximate surface area is 245 Å². The van der Waals surface area contributed by atoms with Gasteiger partial charge < -0.3 is 5.11 Å². The van der Waals surface area contributed by atoms with Crippen LogP contribution in [0.3, 0.4) is 0 Å². The van der Waals surface area contributed by atoms with E-state index in [9.17, 15) is 14.7 Å². The molecule has 0 saturated heterocycles. The molecule has 1 N–H and O–H groups in total. The second-order valence-corrected chi connectivity index (χ2v) is 12.3. The van der Waals surface area contributed by atoms with Crippen molar-refractivity contribution >= 4 is 11.6 Å². The van der Waals surface area contributed by atoms with Crippen LogP contribution in [0.5, 0.6) is 0 Å². The highest BCUT2D eigenvalue weighted by Crippen LogP contribution is 2.22. The van der Waals surface area contributed by atoms with E-state index in [-0.39, 0.29) is 18.0 Å². The fraction of sp³-hybridized carbons (Fsp3) is 0.917. The topological polar surface area (TPSA) is 54.4 Å². The van der Waals surface area contributed by atoms with Crippen LogP contribution >= 0.6 is 0 Å². The van der Waals surface area contributed by atoms with Crippen molar-refractivity contribution in [1.82, 2.24) is 0 Å². The predicted octanol–water partition coefficient (Wildman–Crippen LogP) is 11.4. The molecule has 0 aliphatic rings. The number of Topliss-reactive ketones (excluding diaryl/α,β-unsaturated/α-hetero) is 2. The minimum Gasteiger partial charge on any atom is -0.381 e. The zero-order valence-corrected chi connectivity index (χ0v) is 26.8.